The molecule has 18 heavy (non-hydrogen) atoms. The monoisotopic (exact) mass is 330 g/mol. The molecule has 2 atom stereocenters. The lowest BCUT2D eigenvalue weighted by Gasteiger charge is -2.39. The normalized spacial score (nSPS) is 24.7. The van der Waals surface area contributed by atoms with E-state index in [9.17, 15) is 0 Å². The van der Waals surface area contributed by atoms with Crippen molar-refractivity contribution in [2.24, 2.45) is 11.7 Å². The summed E-state index contributed by atoms with van der Waals surface area (Å²) in [7, 11) is 0. The molecule has 0 radical (unpaired) electrons. The molecular weight excluding hydrogens is 308 g/mol. The first kappa shape index (κ1) is 14.5. The van der Waals surface area contributed by atoms with Gasteiger partial charge < -0.3 is 5.73 Å². The van der Waals surface area contributed by atoms with Gasteiger partial charge in [-0.15, -0.1) is 11.3 Å². The summed E-state index contributed by atoms with van der Waals surface area (Å²) in [5.41, 5.74) is 5.95. The highest BCUT2D eigenvalue weighted by Crippen LogP contribution is 2.30. The van der Waals surface area contributed by atoms with Gasteiger partial charge in [0.15, 0.2) is 0 Å². The summed E-state index contributed by atoms with van der Waals surface area (Å²) in [6.07, 6.45) is 5.36. The van der Waals surface area contributed by atoms with Crippen LogP contribution in [0.3, 0.4) is 0 Å². The fraction of sp³-hybridized carbons (Fsp3) is 0.714. The molecule has 2 rings (SSSR count). The maximum atomic E-state index is 5.95. The van der Waals surface area contributed by atoms with Crippen LogP contribution in [0, 0.1) is 5.92 Å². The maximum Gasteiger partial charge on any atom is 0.0701 e. The minimum Gasteiger partial charge on any atom is -0.330 e. The smallest absolute Gasteiger partial charge is 0.0701 e. The molecule has 0 aromatic carbocycles. The van der Waals surface area contributed by atoms with E-state index in [4.69, 9.17) is 5.73 Å². The average Bonchev–Trinajstić information content (AvgIpc) is 2.81. The fourth-order valence-electron chi connectivity index (χ4n) is 3.04. The molecule has 0 amide bonds. The van der Waals surface area contributed by atoms with Gasteiger partial charge in [-0.1, -0.05) is 19.8 Å². The summed E-state index contributed by atoms with van der Waals surface area (Å²) < 4.78 is 1.23. The lowest BCUT2D eigenvalue weighted by atomic mass is 9.83. The lowest BCUT2D eigenvalue weighted by molar-refractivity contribution is 0.106. The Hall–Kier alpha value is 0.1000. The van der Waals surface area contributed by atoms with Gasteiger partial charge in [0.2, 0.25) is 0 Å². The molecular formula is C14H23BrN2S. The number of halogens is 1. The van der Waals surface area contributed by atoms with Crippen LogP contribution in [0.1, 0.15) is 37.5 Å². The Morgan fingerprint density at radius 1 is 1.39 bits per heavy atom. The first-order valence-electron chi connectivity index (χ1n) is 6.93. The molecule has 1 saturated carbocycles. The standard InChI is InChI=1S/C14H23BrN2S/c1-2-17(10-12-7-8-14(15)18-12)13-6-4-3-5-11(13)9-16/h7-8,11,13H,2-6,9-10,16H2,1H3. The van der Waals surface area contributed by atoms with Crippen molar-refractivity contribution < 1.29 is 0 Å². The average molecular weight is 331 g/mol. The van der Waals surface area contributed by atoms with Crippen LogP contribution in [0.5, 0.6) is 0 Å². The van der Waals surface area contributed by atoms with Gasteiger partial charge in [-0.3, -0.25) is 4.90 Å². The molecule has 1 aliphatic carbocycles. The molecule has 0 aliphatic heterocycles. The van der Waals surface area contributed by atoms with Gasteiger partial charge in [-0.05, 0) is 59.9 Å². The molecule has 0 saturated heterocycles. The second-order valence-electron chi connectivity index (χ2n) is 5.12. The second kappa shape index (κ2) is 7.04. The topological polar surface area (TPSA) is 29.3 Å². The number of nitrogens with two attached hydrogens (primary N) is 1. The molecule has 2 nitrogen and oxygen atoms in total. The number of nitrogens with zero attached hydrogens (tertiary/aromatic N) is 1. The molecule has 2 N–H and O–H groups in total. The highest BCUT2D eigenvalue weighted by Gasteiger charge is 2.28. The summed E-state index contributed by atoms with van der Waals surface area (Å²) >= 11 is 5.39. The van der Waals surface area contributed by atoms with Crippen LogP contribution in [0.4, 0.5) is 0 Å². The van der Waals surface area contributed by atoms with Gasteiger partial charge in [0.1, 0.15) is 0 Å². The number of hydrogen-bond acceptors (Lipinski definition) is 3. The number of rotatable bonds is 5. The van der Waals surface area contributed by atoms with Crippen molar-refractivity contribution in [1.29, 1.82) is 0 Å². The van der Waals surface area contributed by atoms with E-state index >= 15 is 0 Å². The zero-order chi connectivity index (χ0) is 13.0. The molecule has 1 fully saturated rings. The molecule has 102 valence electrons. The van der Waals surface area contributed by atoms with Crippen LogP contribution < -0.4 is 5.73 Å². The largest absolute Gasteiger partial charge is 0.330 e. The summed E-state index contributed by atoms with van der Waals surface area (Å²) in [5, 5.41) is 0. The van der Waals surface area contributed by atoms with E-state index in [0.29, 0.717) is 12.0 Å². The first-order chi connectivity index (χ1) is 8.74. The Morgan fingerprint density at radius 3 is 2.78 bits per heavy atom. The second-order valence-corrected chi connectivity index (χ2v) is 7.66. The molecule has 1 aromatic rings. The van der Waals surface area contributed by atoms with Crippen LogP contribution in [-0.2, 0) is 6.54 Å². The van der Waals surface area contributed by atoms with Gasteiger partial charge in [0, 0.05) is 17.5 Å². The van der Waals surface area contributed by atoms with Crippen molar-refractivity contribution in [2.75, 3.05) is 13.1 Å². The Bertz CT molecular complexity index is 366. The molecule has 1 aliphatic rings. The van der Waals surface area contributed by atoms with Crippen LogP contribution in [-0.4, -0.2) is 24.0 Å². The van der Waals surface area contributed by atoms with Gasteiger partial charge in [0.25, 0.3) is 0 Å². The van der Waals surface area contributed by atoms with Gasteiger partial charge >= 0.3 is 0 Å². The zero-order valence-corrected chi connectivity index (χ0v) is 13.5. The Labute approximate surface area is 123 Å². The van der Waals surface area contributed by atoms with Crippen LogP contribution in [0.2, 0.25) is 0 Å². The lowest BCUT2D eigenvalue weighted by Crippen LogP contribution is -2.44. The third-order valence-electron chi connectivity index (χ3n) is 4.03. The maximum absolute atomic E-state index is 5.95. The van der Waals surface area contributed by atoms with Gasteiger partial charge in [0.05, 0.1) is 3.79 Å². The SMILES string of the molecule is CCN(Cc1ccc(Br)s1)C1CCCCC1CN. The molecule has 1 aromatic heterocycles. The van der Waals surface area contributed by atoms with Crippen molar-refractivity contribution in [3.8, 4) is 0 Å². The minimum atomic E-state index is 0.689. The van der Waals surface area contributed by atoms with E-state index < -0.39 is 0 Å². The predicted molar refractivity (Wildman–Crippen MR) is 82.9 cm³/mol. The molecule has 0 spiro atoms. The Kier molecular flexibility index (Phi) is 5.67. The van der Waals surface area contributed by atoms with Crippen LogP contribution in [0.25, 0.3) is 0 Å². The Balaban J connectivity index is 2.02. The summed E-state index contributed by atoms with van der Waals surface area (Å²) in [6, 6.07) is 5.07. The van der Waals surface area contributed by atoms with E-state index in [1.807, 2.05) is 11.3 Å². The fourth-order valence-corrected chi connectivity index (χ4v) is 4.55. The van der Waals surface area contributed by atoms with Crippen molar-refractivity contribution in [3.05, 3.63) is 20.8 Å². The van der Waals surface area contributed by atoms with Gasteiger partial charge in [-0.2, -0.15) is 0 Å². The highest BCUT2D eigenvalue weighted by atomic mass is 79.9. The van der Waals surface area contributed by atoms with Crippen molar-refractivity contribution in [3.63, 3.8) is 0 Å². The van der Waals surface area contributed by atoms with E-state index in [1.54, 1.807) is 0 Å². The first-order valence-corrected chi connectivity index (χ1v) is 8.54. The predicted octanol–water partition coefficient (Wildman–Crippen LogP) is 3.85. The zero-order valence-electron chi connectivity index (χ0n) is 11.1. The van der Waals surface area contributed by atoms with Crippen LogP contribution >= 0.6 is 27.3 Å². The highest BCUT2D eigenvalue weighted by molar-refractivity contribution is 9.11. The molecule has 4 heteroatoms. The Morgan fingerprint density at radius 2 is 2.17 bits per heavy atom. The molecule has 1 heterocycles. The molecule has 2 unspecified atom stereocenters. The van der Waals surface area contributed by atoms with E-state index in [1.165, 1.54) is 34.3 Å². The van der Waals surface area contributed by atoms with Crippen LogP contribution in [0.15, 0.2) is 15.9 Å². The van der Waals surface area contributed by atoms with Gasteiger partial charge in [-0.25, -0.2) is 0 Å². The third-order valence-corrected chi connectivity index (χ3v) is 5.64. The quantitative estimate of drug-likeness (QED) is 0.888. The van der Waals surface area contributed by atoms with Crippen molar-refractivity contribution in [1.82, 2.24) is 4.90 Å². The summed E-state index contributed by atoms with van der Waals surface area (Å²) in [6.45, 7) is 5.31. The van der Waals surface area contributed by atoms with Crippen molar-refractivity contribution in [2.45, 2.75) is 45.2 Å². The van der Waals surface area contributed by atoms with E-state index in [0.717, 1.165) is 19.6 Å². The minimum absolute atomic E-state index is 0.689. The molecule has 0 bridgehead atoms. The number of thiophene rings is 1. The summed E-state index contributed by atoms with van der Waals surface area (Å²) in [4.78, 5) is 4.07. The summed E-state index contributed by atoms with van der Waals surface area (Å²) in [5.74, 6) is 0.696. The number of hydrogen-bond donors (Lipinski definition) is 1. The van der Waals surface area contributed by atoms with E-state index in [-0.39, 0.29) is 0 Å². The van der Waals surface area contributed by atoms with E-state index in [2.05, 4.69) is 39.9 Å². The van der Waals surface area contributed by atoms with Crippen molar-refractivity contribution >= 4 is 27.3 Å². The third kappa shape index (κ3) is 3.56.